The lowest BCUT2D eigenvalue weighted by Crippen LogP contribution is -2.32. The SMILES string of the molecule is C=C(CO)C1=CCB(O)OC1CC/C(C)=C/c1ccc(O)cc1. The van der Waals surface area contributed by atoms with Crippen LogP contribution in [0.15, 0.2) is 53.6 Å². The highest BCUT2D eigenvalue weighted by Gasteiger charge is 2.27. The molecular formula is C18H23BO4. The Morgan fingerprint density at radius 2 is 2.09 bits per heavy atom. The van der Waals surface area contributed by atoms with Crippen LogP contribution < -0.4 is 0 Å². The molecule has 0 saturated heterocycles. The average molecular weight is 314 g/mol. The second-order valence-electron chi connectivity index (χ2n) is 5.86. The molecule has 2 rings (SSSR count). The van der Waals surface area contributed by atoms with Crippen molar-refractivity contribution in [2.45, 2.75) is 32.2 Å². The molecule has 4 nitrogen and oxygen atoms in total. The van der Waals surface area contributed by atoms with Crippen LogP contribution >= 0.6 is 0 Å². The molecule has 1 unspecified atom stereocenters. The lowest BCUT2D eigenvalue weighted by Gasteiger charge is -2.27. The van der Waals surface area contributed by atoms with E-state index < -0.39 is 7.12 Å². The molecule has 0 saturated carbocycles. The van der Waals surface area contributed by atoms with Gasteiger partial charge < -0.3 is 19.9 Å². The summed E-state index contributed by atoms with van der Waals surface area (Å²) < 4.78 is 5.59. The Bertz CT molecular complexity index is 604. The first-order valence-corrected chi connectivity index (χ1v) is 7.78. The van der Waals surface area contributed by atoms with Gasteiger partial charge in [-0.15, -0.1) is 0 Å². The Morgan fingerprint density at radius 3 is 2.74 bits per heavy atom. The molecule has 0 spiro atoms. The van der Waals surface area contributed by atoms with Crippen LogP contribution in [0, 0.1) is 0 Å². The van der Waals surface area contributed by atoms with E-state index in [4.69, 9.17) is 4.65 Å². The minimum Gasteiger partial charge on any atom is -0.508 e. The molecule has 23 heavy (non-hydrogen) atoms. The quantitative estimate of drug-likeness (QED) is 0.706. The lowest BCUT2D eigenvalue weighted by molar-refractivity contribution is 0.180. The van der Waals surface area contributed by atoms with Gasteiger partial charge in [-0.3, -0.25) is 0 Å². The number of aliphatic hydroxyl groups excluding tert-OH is 1. The second-order valence-corrected chi connectivity index (χ2v) is 5.86. The lowest BCUT2D eigenvalue weighted by atomic mass is 9.78. The van der Waals surface area contributed by atoms with Gasteiger partial charge in [0.05, 0.1) is 12.7 Å². The van der Waals surface area contributed by atoms with Crippen LogP contribution in [-0.2, 0) is 4.65 Å². The topological polar surface area (TPSA) is 69.9 Å². The van der Waals surface area contributed by atoms with Crippen LogP contribution in [-0.4, -0.2) is 35.1 Å². The fourth-order valence-electron chi connectivity index (χ4n) is 2.65. The number of allylic oxidation sites excluding steroid dienone is 2. The number of aliphatic hydroxyl groups is 1. The Labute approximate surface area is 137 Å². The number of phenolic OH excluding ortho intramolecular Hbond substituents is 1. The third-order valence-electron chi connectivity index (χ3n) is 3.91. The highest BCUT2D eigenvalue weighted by Crippen LogP contribution is 2.27. The first kappa shape index (κ1) is 17.5. The van der Waals surface area contributed by atoms with Crippen LogP contribution in [0.2, 0.25) is 6.32 Å². The molecule has 122 valence electrons. The Hall–Kier alpha value is -1.82. The molecule has 3 N–H and O–H groups in total. The zero-order valence-electron chi connectivity index (χ0n) is 13.4. The summed E-state index contributed by atoms with van der Waals surface area (Å²) in [6.07, 6.45) is 5.64. The minimum absolute atomic E-state index is 0.107. The maximum Gasteiger partial charge on any atom is 0.458 e. The number of rotatable bonds is 6. The van der Waals surface area contributed by atoms with Gasteiger partial charge in [-0.1, -0.05) is 36.4 Å². The molecule has 1 heterocycles. The maximum atomic E-state index is 9.68. The highest BCUT2D eigenvalue weighted by atomic mass is 16.5. The molecule has 1 aromatic rings. The van der Waals surface area contributed by atoms with E-state index in [-0.39, 0.29) is 18.5 Å². The third kappa shape index (κ3) is 5.10. The zero-order chi connectivity index (χ0) is 16.8. The zero-order valence-corrected chi connectivity index (χ0v) is 13.4. The molecule has 0 aromatic heterocycles. The van der Waals surface area contributed by atoms with Gasteiger partial charge in [-0.05, 0) is 48.6 Å². The molecule has 0 fully saturated rings. The first-order valence-electron chi connectivity index (χ1n) is 7.78. The smallest absolute Gasteiger partial charge is 0.458 e. The van der Waals surface area contributed by atoms with Gasteiger partial charge in [0.15, 0.2) is 0 Å². The van der Waals surface area contributed by atoms with Crippen molar-refractivity contribution in [1.29, 1.82) is 0 Å². The van der Waals surface area contributed by atoms with Gasteiger partial charge >= 0.3 is 7.12 Å². The van der Waals surface area contributed by atoms with E-state index in [0.29, 0.717) is 18.3 Å². The fourth-order valence-corrected chi connectivity index (χ4v) is 2.65. The minimum atomic E-state index is -0.795. The summed E-state index contributed by atoms with van der Waals surface area (Å²) in [5.74, 6) is 0.252. The van der Waals surface area contributed by atoms with Crippen LogP contribution in [0.5, 0.6) is 5.75 Å². The second kappa shape index (κ2) is 8.15. The van der Waals surface area contributed by atoms with E-state index in [1.165, 1.54) is 5.57 Å². The average Bonchev–Trinajstić information content (AvgIpc) is 2.54. The van der Waals surface area contributed by atoms with Gasteiger partial charge in [0, 0.05) is 6.32 Å². The van der Waals surface area contributed by atoms with Crippen molar-refractivity contribution in [2.24, 2.45) is 0 Å². The maximum absolute atomic E-state index is 9.68. The number of phenols is 1. The standard InChI is InChI=1S/C18H23BO4/c1-13(11-15-4-6-16(21)7-5-15)3-8-18-17(14(2)12-20)9-10-19(22)23-18/h4-7,9,11,18,20-22H,2-3,8,10,12H2,1H3/b13-11+. The monoisotopic (exact) mass is 314 g/mol. The molecule has 0 amide bonds. The van der Waals surface area contributed by atoms with E-state index in [0.717, 1.165) is 17.6 Å². The van der Waals surface area contributed by atoms with Gasteiger partial charge in [0.1, 0.15) is 5.75 Å². The molecule has 1 aromatic carbocycles. The third-order valence-corrected chi connectivity index (χ3v) is 3.91. The number of benzene rings is 1. The van der Waals surface area contributed by atoms with Crippen LogP contribution in [0.25, 0.3) is 6.08 Å². The summed E-state index contributed by atoms with van der Waals surface area (Å²) in [6, 6.07) is 7.04. The van der Waals surface area contributed by atoms with E-state index >= 15 is 0 Å². The van der Waals surface area contributed by atoms with Crippen molar-refractivity contribution in [3.63, 3.8) is 0 Å². The highest BCUT2D eigenvalue weighted by molar-refractivity contribution is 6.43. The van der Waals surface area contributed by atoms with Crippen LogP contribution in [0.3, 0.4) is 0 Å². The summed E-state index contributed by atoms with van der Waals surface area (Å²) in [5.41, 5.74) is 3.73. The molecule has 5 heteroatoms. The molecule has 0 radical (unpaired) electrons. The molecule has 1 aliphatic rings. The molecule has 1 aliphatic heterocycles. The predicted octanol–water partition coefficient (Wildman–Crippen LogP) is 2.93. The summed E-state index contributed by atoms with van der Waals surface area (Å²) in [6.45, 7) is 5.79. The van der Waals surface area contributed by atoms with Crippen molar-refractivity contribution in [3.05, 3.63) is 59.2 Å². The number of aromatic hydroxyl groups is 1. The predicted molar refractivity (Wildman–Crippen MR) is 93.0 cm³/mol. The fraction of sp³-hybridized carbons (Fsp3) is 0.333. The Balaban J connectivity index is 2.00. The number of hydrogen-bond acceptors (Lipinski definition) is 4. The van der Waals surface area contributed by atoms with Crippen molar-refractivity contribution < 1.29 is 19.9 Å². The molecule has 1 atom stereocenters. The van der Waals surface area contributed by atoms with Crippen LogP contribution in [0.4, 0.5) is 0 Å². The van der Waals surface area contributed by atoms with E-state index in [1.54, 1.807) is 12.1 Å². The number of hydrogen-bond donors (Lipinski definition) is 3. The Kier molecular flexibility index (Phi) is 6.22. The van der Waals surface area contributed by atoms with E-state index in [1.807, 2.05) is 25.1 Å². The summed E-state index contributed by atoms with van der Waals surface area (Å²) in [4.78, 5) is 0. The summed E-state index contributed by atoms with van der Waals surface area (Å²) in [5, 5.41) is 28.3. The van der Waals surface area contributed by atoms with Gasteiger partial charge in [0.2, 0.25) is 0 Å². The van der Waals surface area contributed by atoms with Gasteiger partial charge in [-0.25, -0.2) is 0 Å². The van der Waals surface area contributed by atoms with E-state index in [2.05, 4.69) is 12.7 Å². The van der Waals surface area contributed by atoms with Crippen molar-refractivity contribution in [2.75, 3.05) is 6.61 Å². The van der Waals surface area contributed by atoms with Crippen LogP contribution in [0.1, 0.15) is 25.3 Å². The van der Waals surface area contributed by atoms with Crippen molar-refractivity contribution in [3.8, 4) is 5.75 Å². The molecule has 0 bridgehead atoms. The largest absolute Gasteiger partial charge is 0.508 e. The van der Waals surface area contributed by atoms with Gasteiger partial charge in [0.25, 0.3) is 0 Å². The Morgan fingerprint density at radius 1 is 1.39 bits per heavy atom. The summed E-state index contributed by atoms with van der Waals surface area (Å²) in [7, 11) is -0.795. The normalized spacial score (nSPS) is 18.7. The molecular weight excluding hydrogens is 291 g/mol. The first-order chi connectivity index (χ1) is 11.0. The van der Waals surface area contributed by atoms with Gasteiger partial charge in [-0.2, -0.15) is 0 Å². The van der Waals surface area contributed by atoms with Crippen molar-refractivity contribution >= 4 is 13.2 Å². The summed E-state index contributed by atoms with van der Waals surface area (Å²) >= 11 is 0. The van der Waals surface area contributed by atoms with Crippen molar-refractivity contribution in [1.82, 2.24) is 0 Å². The molecule has 0 aliphatic carbocycles. The van der Waals surface area contributed by atoms with E-state index in [9.17, 15) is 15.2 Å².